The molecule has 0 unspecified atom stereocenters. The summed E-state index contributed by atoms with van der Waals surface area (Å²) in [5.41, 5.74) is 2.42. The quantitative estimate of drug-likeness (QED) is 0.0333. The van der Waals surface area contributed by atoms with Gasteiger partial charge >= 0.3 is 5.97 Å². The highest BCUT2D eigenvalue weighted by molar-refractivity contribution is 6.17. The highest BCUT2D eigenvalue weighted by atomic mass is 35.5. The minimum Gasteiger partial charge on any atom is -0.493 e. The van der Waals surface area contributed by atoms with Crippen molar-refractivity contribution in [3.63, 3.8) is 0 Å². The molecule has 0 aromatic heterocycles. The molecule has 3 atom stereocenters. The third-order valence-corrected chi connectivity index (χ3v) is 13.2. The van der Waals surface area contributed by atoms with E-state index in [1.54, 1.807) is 45.5 Å². The van der Waals surface area contributed by atoms with Gasteiger partial charge in [0.15, 0.2) is 23.0 Å². The molecule has 0 bridgehead atoms. The molecular weight excluding hydrogens is 928 g/mol. The van der Waals surface area contributed by atoms with Gasteiger partial charge in [0, 0.05) is 32.2 Å². The van der Waals surface area contributed by atoms with Crippen LogP contribution in [0.15, 0.2) is 54.6 Å². The van der Waals surface area contributed by atoms with Crippen molar-refractivity contribution < 1.29 is 57.0 Å². The largest absolute Gasteiger partial charge is 0.493 e. The zero-order valence-electron chi connectivity index (χ0n) is 43.5. The standard InChI is InChI=1S/C56H83ClN2O12/c1-7-46(44-39-51(65-4)54(67-6)52(40-44)66-5)55(61)59-32-18-16-25-47(59)56(62)71-48(28-26-42-27-29-49(63-2)50(37-42)64-3)43-23-22-24-45(38-43)70-36-31-58-53(60)41-69-35-21-14-11-9-8-10-13-19-33-68-34-20-15-12-17-30-57/h22-24,27,29,37-40,46-48H,7-21,25-26,28,30-36,41H2,1-6H3,(H,58,60)/t46-,47-,48+/m0/s1. The van der Waals surface area contributed by atoms with Gasteiger partial charge in [-0.2, -0.15) is 0 Å². The summed E-state index contributed by atoms with van der Waals surface area (Å²) in [5.74, 6) is 2.51. The predicted octanol–water partition coefficient (Wildman–Crippen LogP) is 11.0. The van der Waals surface area contributed by atoms with E-state index in [0.717, 1.165) is 75.2 Å². The van der Waals surface area contributed by atoms with Crippen LogP contribution in [-0.2, 0) is 35.0 Å². The van der Waals surface area contributed by atoms with Crippen molar-refractivity contribution in [2.75, 3.05) is 87.6 Å². The number of nitrogens with one attached hydrogen (secondary N) is 1. The normalized spacial score (nSPS) is 14.3. The van der Waals surface area contributed by atoms with Gasteiger partial charge in [-0.15, -0.1) is 11.6 Å². The zero-order chi connectivity index (χ0) is 51.1. The first-order valence-electron chi connectivity index (χ1n) is 25.9. The fourth-order valence-electron chi connectivity index (χ4n) is 8.95. The van der Waals surface area contributed by atoms with Gasteiger partial charge in [-0.05, 0) is 117 Å². The number of benzene rings is 3. The molecule has 3 aromatic rings. The number of halogens is 1. The van der Waals surface area contributed by atoms with Gasteiger partial charge in [0.2, 0.25) is 17.6 Å². The van der Waals surface area contributed by atoms with Crippen LogP contribution in [-0.4, -0.2) is 116 Å². The predicted molar refractivity (Wildman–Crippen MR) is 278 cm³/mol. The first-order valence-corrected chi connectivity index (χ1v) is 26.5. The van der Waals surface area contributed by atoms with E-state index in [9.17, 15) is 14.4 Å². The molecule has 2 amide bonds. The maximum absolute atomic E-state index is 14.5. The number of hydrogen-bond acceptors (Lipinski definition) is 12. The van der Waals surface area contributed by atoms with Crippen LogP contribution in [0, 0.1) is 0 Å². The number of alkyl halides is 1. The van der Waals surface area contributed by atoms with Crippen LogP contribution in [0.1, 0.15) is 145 Å². The molecule has 0 aliphatic carbocycles. The first kappa shape index (κ1) is 58.6. The van der Waals surface area contributed by atoms with Crippen LogP contribution >= 0.6 is 11.6 Å². The lowest BCUT2D eigenvalue weighted by Gasteiger charge is -2.37. The smallest absolute Gasteiger partial charge is 0.329 e. The van der Waals surface area contributed by atoms with Gasteiger partial charge in [-0.25, -0.2) is 4.79 Å². The van der Waals surface area contributed by atoms with Gasteiger partial charge in [0.05, 0.1) is 48.0 Å². The molecule has 71 heavy (non-hydrogen) atoms. The van der Waals surface area contributed by atoms with Gasteiger partial charge in [-0.1, -0.05) is 76.5 Å². The summed E-state index contributed by atoms with van der Waals surface area (Å²) in [6.07, 6.45) is 16.7. The van der Waals surface area contributed by atoms with Crippen molar-refractivity contribution in [1.82, 2.24) is 10.2 Å². The Labute approximate surface area is 429 Å². The van der Waals surface area contributed by atoms with Crippen LogP contribution in [0.5, 0.6) is 34.5 Å². The molecule has 1 N–H and O–H groups in total. The second-order valence-electron chi connectivity index (χ2n) is 18.0. The SMILES string of the molecule is CC[C@H](C(=O)N1CCCC[C@H]1C(=O)O[C@H](CCc1ccc(OC)c(OC)c1)c1cccc(OCCNC(=O)COCCCCCCCCCCOCCCCCCCl)c1)c1cc(OC)c(OC)c(OC)c1. The number of amides is 2. The molecule has 0 saturated carbocycles. The van der Waals surface area contributed by atoms with Crippen molar-refractivity contribution in [2.45, 2.75) is 141 Å². The van der Waals surface area contributed by atoms with E-state index in [1.807, 2.05) is 49.4 Å². The number of hydrogen-bond donors (Lipinski definition) is 1. The Hall–Kier alpha value is -4.92. The maximum atomic E-state index is 14.5. The van der Waals surface area contributed by atoms with Crippen LogP contribution in [0.4, 0.5) is 0 Å². The van der Waals surface area contributed by atoms with E-state index in [0.29, 0.717) is 85.4 Å². The van der Waals surface area contributed by atoms with Crippen molar-refractivity contribution in [1.29, 1.82) is 0 Å². The molecule has 1 aliphatic heterocycles. The number of unbranched alkanes of at least 4 members (excludes halogenated alkanes) is 10. The zero-order valence-corrected chi connectivity index (χ0v) is 44.3. The second-order valence-corrected chi connectivity index (χ2v) is 18.4. The number of methoxy groups -OCH3 is 5. The van der Waals surface area contributed by atoms with Gasteiger partial charge in [0.25, 0.3) is 0 Å². The number of rotatable bonds is 37. The Morgan fingerprint density at radius 3 is 1.93 bits per heavy atom. The van der Waals surface area contributed by atoms with Crippen molar-refractivity contribution >= 4 is 29.4 Å². The molecule has 15 heteroatoms. The minimum absolute atomic E-state index is 0.00614. The van der Waals surface area contributed by atoms with Crippen molar-refractivity contribution in [2.24, 2.45) is 0 Å². The number of esters is 1. The summed E-state index contributed by atoms with van der Waals surface area (Å²) >= 11 is 5.72. The molecule has 4 rings (SSSR count). The number of piperidine rings is 1. The Balaban J connectivity index is 1.28. The molecule has 0 spiro atoms. The lowest BCUT2D eigenvalue weighted by Crippen LogP contribution is -2.50. The molecular formula is C56H83ClN2O12. The fourth-order valence-corrected chi connectivity index (χ4v) is 9.13. The number of likely N-dealkylation sites (tertiary alicyclic amines) is 1. The number of ether oxygens (including phenoxy) is 9. The Morgan fingerprint density at radius 1 is 0.676 bits per heavy atom. The fraction of sp³-hybridized carbons (Fsp3) is 0.625. The van der Waals surface area contributed by atoms with Crippen molar-refractivity contribution in [3.8, 4) is 34.5 Å². The van der Waals surface area contributed by atoms with Crippen molar-refractivity contribution in [3.05, 3.63) is 71.3 Å². The first-order chi connectivity index (χ1) is 34.7. The molecule has 396 valence electrons. The summed E-state index contributed by atoms with van der Waals surface area (Å²) in [6.45, 7) is 5.19. The van der Waals surface area contributed by atoms with Gasteiger partial charge < -0.3 is 52.8 Å². The minimum atomic E-state index is -0.772. The van der Waals surface area contributed by atoms with Crippen LogP contribution in [0.3, 0.4) is 0 Å². The van der Waals surface area contributed by atoms with Crippen LogP contribution < -0.4 is 33.7 Å². The maximum Gasteiger partial charge on any atom is 0.329 e. The molecule has 1 saturated heterocycles. The van der Waals surface area contributed by atoms with E-state index >= 15 is 0 Å². The second kappa shape index (κ2) is 34.4. The summed E-state index contributed by atoms with van der Waals surface area (Å²) in [5, 5.41) is 2.88. The Bertz CT molecular complexity index is 1980. The van der Waals surface area contributed by atoms with Crippen LogP contribution in [0.25, 0.3) is 0 Å². The summed E-state index contributed by atoms with van der Waals surface area (Å²) < 4.78 is 51.7. The summed E-state index contributed by atoms with van der Waals surface area (Å²) in [6, 6.07) is 16.0. The van der Waals surface area contributed by atoms with Crippen LogP contribution in [0.2, 0.25) is 0 Å². The van der Waals surface area contributed by atoms with E-state index in [2.05, 4.69) is 5.32 Å². The highest BCUT2D eigenvalue weighted by Gasteiger charge is 2.38. The monoisotopic (exact) mass is 1010 g/mol. The number of carbonyl (C=O) groups is 3. The molecule has 3 aromatic carbocycles. The van der Waals surface area contributed by atoms with E-state index < -0.39 is 24.0 Å². The summed E-state index contributed by atoms with van der Waals surface area (Å²) in [7, 11) is 7.81. The lowest BCUT2D eigenvalue weighted by atomic mass is 9.91. The summed E-state index contributed by atoms with van der Waals surface area (Å²) in [4.78, 5) is 43.1. The number of nitrogens with zero attached hydrogens (tertiary/aromatic N) is 1. The molecule has 1 heterocycles. The van der Waals surface area contributed by atoms with Gasteiger partial charge in [-0.3, -0.25) is 9.59 Å². The average molecular weight is 1010 g/mol. The van der Waals surface area contributed by atoms with E-state index in [1.165, 1.54) is 52.1 Å². The Morgan fingerprint density at radius 2 is 1.31 bits per heavy atom. The average Bonchev–Trinajstić information content (AvgIpc) is 3.40. The highest BCUT2D eigenvalue weighted by Crippen LogP contribution is 2.42. The molecule has 1 aliphatic rings. The van der Waals surface area contributed by atoms with E-state index in [-0.39, 0.29) is 25.0 Å². The molecule has 14 nitrogen and oxygen atoms in total. The topological polar surface area (TPSA) is 150 Å². The number of aryl methyl sites for hydroxylation is 1. The van der Waals surface area contributed by atoms with E-state index in [4.69, 9.17) is 54.2 Å². The third-order valence-electron chi connectivity index (χ3n) is 12.9. The molecule has 0 radical (unpaired) electrons. The third kappa shape index (κ3) is 20.3. The number of carbonyl (C=O) groups excluding carboxylic acids is 3. The van der Waals surface area contributed by atoms with Gasteiger partial charge in [0.1, 0.15) is 31.1 Å². The lowest BCUT2D eigenvalue weighted by molar-refractivity contribution is -0.162. The molecule has 1 fully saturated rings. The Kier molecular flexibility index (Phi) is 28.5.